The van der Waals surface area contributed by atoms with Crippen LogP contribution in [0.1, 0.15) is 27.2 Å². The number of nitrogens with zero attached hydrogens (tertiary/aromatic N) is 3. The molecule has 1 atom stereocenters. The number of hydrogen-bond acceptors (Lipinski definition) is 6. The molecule has 0 bridgehead atoms. The van der Waals surface area contributed by atoms with E-state index in [2.05, 4.69) is 15.7 Å². The standard InChI is InChI=1S/C18H29N5O4S/c1-18(2,3)7-16(25)23-12-28-11-14(23)17(26)21-13-8-20-22(9-13)10-15(24)19-5-6-27-4/h8-9,14H,5-7,10-12H2,1-4H3,(H,19,24)(H,21,26)/t14-/m1/s1. The molecule has 0 unspecified atom stereocenters. The second-order valence-corrected chi connectivity index (χ2v) is 8.88. The second-order valence-electron chi connectivity index (χ2n) is 7.88. The molecule has 1 aromatic heterocycles. The highest BCUT2D eigenvalue weighted by Crippen LogP contribution is 2.27. The Hall–Kier alpha value is -2.07. The Labute approximate surface area is 169 Å². The molecule has 156 valence electrons. The Morgan fingerprint density at radius 3 is 2.79 bits per heavy atom. The molecule has 1 fully saturated rings. The molecule has 2 rings (SSSR count). The van der Waals surface area contributed by atoms with E-state index < -0.39 is 6.04 Å². The molecule has 0 aromatic carbocycles. The van der Waals surface area contributed by atoms with E-state index >= 15 is 0 Å². The van der Waals surface area contributed by atoms with Crippen LogP contribution in [-0.2, 0) is 25.7 Å². The lowest BCUT2D eigenvalue weighted by molar-refractivity contribution is -0.137. The smallest absolute Gasteiger partial charge is 0.248 e. The van der Waals surface area contributed by atoms with Gasteiger partial charge in [0.2, 0.25) is 17.7 Å². The summed E-state index contributed by atoms with van der Waals surface area (Å²) in [7, 11) is 1.56. The molecule has 3 amide bonds. The average molecular weight is 412 g/mol. The number of nitrogens with one attached hydrogen (secondary N) is 2. The summed E-state index contributed by atoms with van der Waals surface area (Å²) in [6, 6.07) is -0.499. The summed E-state index contributed by atoms with van der Waals surface area (Å²) in [4.78, 5) is 38.6. The van der Waals surface area contributed by atoms with Crippen LogP contribution >= 0.6 is 11.8 Å². The van der Waals surface area contributed by atoms with Gasteiger partial charge in [-0.25, -0.2) is 0 Å². The summed E-state index contributed by atoms with van der Waals surface area (Å²) in [5, 5.41) is 9.59. The number of ether oxygens (including phenoxy) is 1. The van der Waals surface area contributed by atoms with Gasteiger partial charge in [0, 0.05) is 32.0 Å². The lowest BCUT2D eigenvalue weighted by Gasteiger charge is -2.26. The van der Waals surface area contributed by atoms with Crippen molar-refractivity contribution in [2.45, 2.75) is 39.8 Å². The fourth-order valence-electron chi connectivity index (χ4n) is 2.70. The van der Waals surface area contributed by atoms with Crippen molar-refractivity contribution < 1.29 is 19.1 Å². The van der Waals surface area contributed by atoms with Crippen LogP contribution in [0.4, 0.5) is 5.69 Å². The average Bonchev–Trinajstić information content (AvgIpc) is 3.23. The number of carbonyl (C=O) groups is 3. The predicted octanol–water partition coefficient (Wildman–Crippen LogP) is 0.922. The molecule has 1 saturated heterocycles. The van der Waals surface area contributed by atoms with Crippen LogP contribution in [0.15, 0.2) is 12.4 Å². The summed E-state index contributed by atoms with van der Waals surface area (Å²) < 4.78 is 6.32. The highest BCUT2D eigenvalue weighted by molar-refractivity contribution is 7.99. The third kappa shape index (κ3) is 6.83. The lowest BCUT2D eigenvalue weighted by Crippen LogP contribution is -2.45. The van der Waals surface area contributed by atoms with E-state index in [0.29, 0.717) is 36.9 Å². The number of aromatic nitrogens is 2. The summed E-state index contributed by atoms with van der Waals surface area (Å²) in [6.45, 7) is 6.93. The van der Waals surface area contributed by atoms with Crippen molar-refractivity contribution in [3.63, 3.8) is 0 Å². The summed E-state index contributed by atoms with van der Waals surface area (Å²) in [5.41, 5.74) is 0.367. The van der Waals surface area contributed by atoms with Crippen LogP contribution in [0.25, 0.3) is 0 Å². The van der Waals surface area contributed by atoms with Crippen molar-refractivity contribution in [3.05, 3.63) is 12.4 Å². The molecule has 28 heavy (non-hydrogen) atoms. The first kappa shape index (κ1) is 22.2. The molecule has 1 aliphatic heterocycles. The van der Waals surface area contributed by atoms with Gasteiger partial charge in [-0.1, -0.05) is 20.8 Å². The zero-order valence-corrected chi connectivity index (χ0v) is 17.7. The highest BCUT2D eigenvalue weighted by atomic mass is 32.2. The minimum atomic E-state index is -0.499. The van der Waals surface area contributed by atoms with Crippen molar-refractivity contribution in [3.8, 4) is 0 Å². The first-order valence-corrected chi connectivity index (χ1v) is 10.3. The van der Waals surface area contributed by atoms with Gasteiger partial charge in [0.05, 0.1) is 24.4 Å². The van der Waals surface area contributed by atoms with Gasteiger partial charge < -0.3 is 20.3 Å². The minimum Gasteiger partial charge on any atom is -0.383 e. The van der Waals surface area contributed by atoms with Gasteiger partial charge in [-0.05, 0) is 5.41 Å². The van der Waals surface area contributed by atoms with Gasteiger partial charge in [0.15, 0.2) is 0 Å². The molecule has 9 nitrogen and oxygen atoms in total. The van der Waals surface area contributed by atoms with Crippen molar-refractivity contribution >= 4 is 35.2 Å². The first-order chi connectivity index (χ1) is 13.2. The van der Waals surface area contributed by atoms with E-state index in [4.69, 9.17) is 4.74 Å². The molecular formula is C18H29N5O4S. The van der Waals surface area contributed by atoms with Crippen molar-refractivity contribution in [1.29, 1.82) is 0 Å². The van der Waals surface area contributed by atoms with Crippen LogP contribution in [0.3, 0.4) is 0 Å². The maximum Gasteiger partial charge on any atom is 0.248 e. The normalized spacial score (nSPS) is 16.9. The van der Waals surface area contributed by atoms with Crippen LogP contribution in [0.2, 0.25) is 0 Å². The third-order valence-electron chi connectivity index (χ3n) is 4.02. The second kappa shape index (κ2) is 9.92. The van der Waals surface area contributed by atoms with Gasteiger partial charge >= 0.3 is 0 Å². The maximum absolute atomic E-state index is 12.7. The molecule has 0 radical (unpaired) electrons. The Bertz CT molecular complexity index is 700. The van der Waals surface area contributed by atoms with E-state index in [1.54, 1.807) is 30.0 Å². The largest absolute Gasteiger partial charge is 0.383 e. The van der Waals surface area contributed by atoms with E-state index in [-0.39, 0.29) is 29.7 Å². The van der Waals surface area contributed by atoms with Crippen molar-refractivity contribution in [2.24, 2.45) is 5.41 Å². The number of amides is 3. The van der Waals surface area contributed by atoms with Crippen LogP contribution in [-0.4, -0.2) is 70.3 Å². The van der Waals surface area contributed by atoms with Crippen molar-refractivity contribution in [1.82, 2.24) is 20.0 Å². The Kier molecular flexibility index (Phi) is 7.88. The van der Waals surface area contributed by atoms with Gasteiger partial charge in [0.25, 0.3) is 0 Å². The third-order valence-corrected chi connectivity index (χ3v) is 5.03. The van der Waals surface area contributed by atoms with Crippen LogP contribution in [0, 0.1) is 5.41 Å². The number of carbonyl (C=O) groups excluding carboxylic acids is 3. The Morgan fingerprint density at radius 2 is 2.11 bits per heavy atom. The zero-order chi connectivity index (χ0) is 20.7. The van der Waals surface area contributed by atoms with Gasteiger partial charge in [-0.3, -0.25) is 19.1 Å². The number of thioether (sulfide) groups is 1. The molecule has 2 N–H and O–H groups in total. The number of anilines is 1. The summed E-state index contributed by atoms with van der Waals surface area (Å²) in [5.74, 6) is 0.646. The van der Waals surface area contributed by atoms with Crippen LogP contribution in [0.5, 0.6) is 0 Å². The predicted molar refractivity (Wildman–Crippen MR) is 108 cm³/mol. The topological polar surface area (TPSA) is 106 Å². The fraction of sp³-hybridized carbons (Fsp3) is 0.667. The maximum atomic E-state index is 12.7. The molecule has 0 spiro atoms. The molecule has 10 heteroatoms. The van der Waals surface area contributed by atoms with Gasteiger partial charge in [0.1, 0.15) is 12.6 Å². The molecule has 2 heterocycles. The SMILES string of the molecule is COCCNC(=O)Cn1cc(NC(=O)[C@H]2CSCN2C(=O)CC(C)(C)C)cn1. The fourth-order valence-corrected chi connectivity index (χ4v) is 3.88. The minimum absolute atomic E-state index is 0.0129. The van der Waals surface area contributed by atoms with Gasteiger partial charge in [-0.15, -0.1) is 11.8 Å². The molecule has 0 saturated carbocycles. The Morgan fingerprint density at radius 1 is 1.36 bits per heavy atom. The Balaban J connectivity index is 1.89. The number of rotatable bonds is 8. The lowest BCUT2D eigenvalue weighted by atomic mass is 9.91. The quantitative estimate of drug-likeness (QED) is 0.617. The van der Waals surface area contributed by atoms with E-state index in [1.165, 1.54) is 10.9 Å². The molecule has 1 aliphatic rings. The summed E-state index contributed by atoms with van der Waals surface area (Å²) in [6.07, 6.45) is 3.48. The first-order valence-electron chi connectivity index (χ1n) is 9.16. The zero-order valence-electron chi connectivity index (χ0n) is 16.9. The number of hydrogen-bond donors (Lipinski definition) is 2. The molecule has 1 aromatic rings. The van der Waals surface area contributed by atoms with E-state index in [9.17, 15) is 14.4 Å². The highest BCUT2D eigenvalue weighted by Gasteiger charge is 2.36. The summed E-state index contributed by atoms with van der Waals surface area (Å²) >= 11 is 1.57. The van der Waals surface area contributed by atoms with Crippen molar-refractivity contribution in [2.75, 3.05) is 37.2 Å². The number of methoxy groups -OCH3 is 1. The molecular weight excluding hydrogens is 382 g/mol. The van der Waals surface area contributed by atoms with Gasteiger partial charge in [-0.2, -0.15) is 5.10 Å². The van der Waals surface area contributed by atoms with E-state index in [0.717, 1.165) is 0 Å². The van der Waals surface area contributed by atoms with Crippen LogP contribution < -0.4 is 10.6 Å². The van der Waals surface area contributed by atoms with E-state index in [1.807, 2.05) is 20.8 Å². The monoisotopic (exact) mass is 411 g/mol. The molecule has 0 aliphatic carbocycles.